The number of nitrogens with zero attached hydrogens (tertiary/aromatic N) is 3. The van der Waals surface area contributed by atoms with Gasteiger partial charge in [-0.25, -0.2) is 4.98 Å². The van der Waals surface area contributed by atoms with Crippen molar-refractivity contribution >= 4 is 17.2 Å². The van der Waals surface area contributed by atoms with Crippen LogP contribution in [0.2, 0.25) is 0 Å². The van der Waals surface area contributed by atoms with Crippen LogP contribution in [0.4, 0.5) is 0 Å². The number of hydrogen-bond donors (Lipinski definition) is 0. The Morgan fingerprint density at radius 1 is 1.50 bits per heavy atom. The van der Waals surface area contributed by atoms with Crippen molar-refractivity contribution in [3.05, 3.63) is 16.1 Å². The molecule has 4 nitrogen and oxygen atoms in total. The van der Waals surface area contributed by atoms with Crippen LogP contribution in [0, 0.1) is 12.3 Å². The van der Waals surface area contributed by atoms with Gasteiger partial charge >= 0.3 is 0 Å². The van der Waals surface area contributed by atoms with Crippen molar-refractivity contribution in [1.82, 2.24) is 14.8 Å². The maximum Gasteiger partial charge on any atom is 0.230 e. The van der Waals surface area contributed by atoms with Crippen LogP contribution >= 0.6 is 11.3 Å². The van der Waals surface area contributed by atoms with Crippen LogP contribution in [0.1, 0.15) is 36.4 Å². The van der Waals surface area contributed by atoms with Crippen LogP contribution in [0.3, 0.4) is 0 Å². The van der Waals surface area contributed by atoms with E-state index < -0.39 is 0 Å². The highest BCUT2D eigenvalue weighted by atomic mass is 32.1. The summed E-state index contributed by atoms with van der Waals surface area (Å²) in [5, 5.41) is 3.17. The number of fused-ring (bicyclic) bond motifs is 3. The van der Waals surface area contributed by atoms with E-state index in [4.69, 9.17) is 0 Å². The summed E-state index contributed by atoms with van der Waals surface area (Å²) in [4.78, 5) is 22.0. The molecule has 1 spiro atoms. The zero-order valence-electron chi connectivity index (χ0n) is 12.1. The Balaban J connectivity index is 1.54. The number of hydrogen-bond acceptors (Lipinski definition) is 4. The van der Waals surface area contributed by atoms with Crippen LogP contribution in [0.25, 0.3) is 0 Å². The van der Waals surface area contributed by atoms with Gasteiger partial charge in [-0.3, -0.25) is 9.69 Å². The molecule has 3 saturated heterocycles. The third kappa shape index (κ3) is 1.62. The van der Waals surface area contributed by atoms with E-state index in [2.05, 4.69) is 22.3 Å². The molecule has 3 unspecified atom stereocenters. The Morgan fingerprint density at radius 2 is 2.35 bits per heavy atom. The van der Waals surface area contributed by atoms with Crippen molar-refractivity contribution < 1.29 is 4.79 Å². The summed E-state index contributed by atoms with van der Waals surface area (Å²) >= 11 is 1.67. The van der Waals surface area contributed by atoms with Crippen molar-refractivity contribution in [2.24, 2.45) is 5.41 Å². The molecule has 3 aliphatic rings. The van der Waals surface area contributed by atoms with E-state index in [1.54, 1.807) is 11.3 Å². The molecule has 1 aromatic heterocycles. The molecule has 0 saturated carbocycles. The van der Waals surface area contributed by atoms with Crippen LogP contribution in [0.5, 0.6) is 0 Å². The lowest BCUT2D eigenvalue weighted by atomic mass is 9.72. The number of amides is 1. The van der Waals surface area contributed by atoms with Crippen molar-refractivity contribution in [3.8, 4) is 0 Å². The van der Waals surface area contributed by atoms with Gasteiger partial charge < -0.3 is 4.90 Å². The van der Waals surface area contributed by atoms with Crippen molar-refractivity contribution in [2.45, 2.75) is 51.2 Å². The van der Waals surface area contributed by atoms with E-state index in [9.17, 15) is 4.79 Å². The predicted molar refractivity (Wildman–Crippen MR) is 78.5 cm³/mol. The highest BCUT2D eigenvalue weighted by Crippen LogP contribution is 2.54. The number of likely N-dealkylation sites (tertiary alicyclic amines) is 1. The van der Waals surface area contributed by atoms with Crippen LogP contribution < -0.4 is 0 Å². The van der Waals surface area contributed by atoms with Gasteiger partial charge in [0, 0.05) is 24.0 Å². The summed E-state index contributed by atoms with van der Waals surface area (Å²) in [6, 6.07) is 1.13. The molecule has 108 valence electrons. The lowest BCUT2D eigenvalue weighted by molar-refractivity contribution is -0.138. The monoisotopic (exact) mass is 291 g/mol. The number of carbonyl (C=O) groups excluding carboxylic acids is 1. The molecule has 3 fully saturated rings. The summed E-state index contributed by atoms with van der Waals surface area (Å²) < 4.78 is 0. The molecule has 3 atom stereocenters. The first kappa shape index (κ1) is 12.8. The molecule has 0 aliphatic carbocycles. The van der Waals surface area contributed by atoms with Gasteiger partial charge in [0.05, 0.1) is 22.7 Å². The molecule has 1 amide bonds. The molecule has 3 aliphatic heterocycles. The molecule has 5 heteroatoms. The largest absolute Gasteiger partial charge is 0.336 e. The molecular weight excluding hydrogens is 270 g/mol. The zero-order valence-corrected chi connectivity index (χ0v) is 12.9. The summed E-state index contributed by atoms with van der Waals surface area (Å²) in [5.41, 5.74) is 0.984. The van der Waals surface area contributed by atoms with Gasteiger partial charge in [0.1, 0.15) is 0 Å². The van der Waals surface area contributed by atoms with E-state index in [0.717, 1.165) is 30.1 Å². The van der Waals surface area contributed by atoms with Gasteiger partial charge in [0.2, 0.25) is 5.91 Å². The topological polar surface area (TPSA) is 36.4 Å². The van der Waals surface area contributed by atoms with Gasteiger partial charge in [-0.15, -0.1) is 11.3 Å². The third-order valence-electron chi connectivity index (χ3n) is 5.64. The van der Waals surface area contributed by atoms with Crippen molar-refractivity contribution in [2.75, 3.05) is 13.6 Å². The third-order valence-corrected chi connectivity index (χ3v) is 6.46. The lowest BCUT2D eigenvalue weighted by Gasteiger charge is -2.31. The number of aryl methyl sites for hydroxylation is 1. The molecule has 0 radical (unpaired) electrons. The molecule has 1 aromatic rings. The summed E-state index contributed by atoms with van der Waals surface area (Å²) in [6.45, 7) is 3.63. The normalized spacial score (nSPS) is 36.7. The zero-order chi connectivity index (χ0) is 13.9. The van der Waals surface area contributed by atoms with Gasteiger partial charge in [-0.05, 0) is 39.7 Å². The number of thiazole rings is 1. The fourth-order valence-corrected chi connectivity index (χ4v) is 5.27. The second-order valence-corrected chi connectivity index (χ2v) is 7.67. The maximum absolute atomic E-state index is 13.0. The van der Waals surface area contributed by atoms with E-state index >= 15 is 0 Å². The van der Waals surface area contributed by atoms with Gasteiger partial charge in [-0.2, -0.15) is 0 Å². The Hall–Kier alpha value is -0.940. The molecule has 4 rings (SSSR count). The fourth-order valence-electron chi connectivity index (χ4n) is 4.66. The SMILES string of the molecule is Cc1nc(CN2CCC3(CC4CCC3N4C)C2=O)cs1. The minimum Gasteiger partial charge on any atom is -0.336 e. The summed E-state index contributed by atoms with van der Waals surface area (Å²) in [5.74, 6) is 0.391. The number of aromatic nitrogens is 1. The van der Waals surface area contributed by atoms with E-state index in [1.165, 1.54) is 12.8 Å². The Labute approximate surface area is 123 Å². The smallest absolute Gasteiger partial charge is 0.230 e. The Morgan fingerprint density at radius 3 is 2.95 bits per heavy atom. The standard InChI is InChI=1S/C15H21N3OS/c1-10-16-11(9-20-10)8-18-6-5-15(14(18)19)7-12-3-4-13(15)17(12)2/h9,12-13H,3-8H2,1-2H3. The molecule has 2 bridgehead atoms. The van der Waals surface area contributed by atoms with Crippen molar-refractivity contribution in [3.63, 3.8) is 0 Å². The van der Waals surface area contributed by atoms with Crippen LogP contribution in [-0.4, -0.2) is 46.4 Å². The first-order chi connectivity index (χ1) is 9.60. The number of carbonyl (C=O) groups is 1. The molecule has 4 heterocycles. The highest BCUT2D eigenvalue weighted by Gasteiger charge is 2.61. The average Bonchev–Trinajstić information content (AvgIpc) is 3.14. The van der Waals surface area contributed by atoms with Crippen molar-refractivity contribution in [1.29, 1.82) is 0 Å². The summed E-state index contributed by atoms with van der Waals surface area (Å²) in [7, 11) is 2.21. The van der Waals surface area contributed by atoms with E-state index in [1.807, 2.05) is 11.8 Å². The minimum absolute atomic E-state index is 0.0667. The first-order valence-corrected chi connectivity index (χ1v) is 8.40. The van der Waals surface area contributed by atoms with Crippen LogP contribution in [0.15, 0.2) is 5.38 Å². The Kier molecular flexibility index (Phi) is 2.73. The molecular formula is C15H21N3OS. The number of rotatable bonds is 2. The average molecular weight is 291 g/mol. The second-order valence-electron chi connectivity index (χ2n) is 6.61. The van der Waals surface area contributed by atoms with E-state index in [0.29, 0.717) is 24.5 Å². The van der Waals surface area contributed by atoms with E-state index in [-0.39, 0.29) is 5.41 Å². The fraction of sp³-hybridized carbons (Fsp3) is 0.733. The second kappa shape index (κ2) is 4.28. The quantitative estimate of drug-likeness (QED) is 0.836. The maximum atomic E-state index is 13.0. The van der Waals surface area contributed by atoms with Gasteiger partial charge in [0.25, 0.3) is 0 Å². The lowest BCUT2D eigenvalue weighted by Crippen LogP contribution is -2.43. The summed E-state index contributed by atoms with van der Waals surface area (Å²) in [6.07, 6.45) is 4.61. The molecule has 20 heavy (non-hydrogen) atoms. The Bertz CT molecular complexity index is 557. The van der Waals surface area contributed by atoms with Gasteiger partial charge in [-0.1, -0.05) is 0 Å². The molecule has 0 aromatic carbocycles. The van der Waals surface area contributed by atoms with Gasteiger partial charge in [0.15, 0.2) is 0 Å². The molecule has 0 N–H and O–H groups in total. The highest BCUT2D eigenvalue weighted by molar-refractivity contribution is 7.09. The first-order valence-electron chi connectivity index (χ1n) is 7.52. The predicted octanol–water partition coefficient (Wildman–Crippen LogP) is 2.04. The van der Waals surface area contributed by atoms with Crippen LogP contribution in [-0.2, 0) is 11.3 Å². The minimum atomic E-state index is -0.0667.